The molecule has 20 heavy (non-hydrogen) atoms. The molecule has 1 aromatic rings. The van der Waals surface area contributed by atoms with Crippen LogP contribution in [0.1, 0.15) is 38.2 Å². The van der Waals surface area contributed by atoms with E-state index in [1.165, 1.54) is 31.2 Å². The third-order valence-corrected chi connectivity index (χ3v) is 4.36. The van der Waals surface area contributed by atoms with Gasteiger partial charge in [0.2, 0.25) is 5.91 Å². The van der Waals surface area contributed by atoms with Gasteiger partial charge in [0.25, 0.3) is 0 Å². The molecule has 0 aromatic heterocycles. The minimum Gasteiger partial charge on any atom is -0.355 e. The van der Waals surface area contributed by atoms with Gasteiger partial charge in [0.15, 0.2) is 0 Å². The van der Waals surface area contributed by atoms with Crippen LogP contribution in [0.15, 0.2) is 30.3 Å². The van der Waals surface area contributed by atoms with Crippen LogP contribution in [0, 0.1) is 11.3 Å². The van der Waals surface area contributed by atoms with Gasteiger partial charge in [0.05, 0.1) is 5.92 Å². The van der Waals surface area contributed by atoms with Crippen molar-refractivity contribution in [2.45, 2.75) is 39.0 Å². The maximum atomic E-state index is 12.3. The highest BCUT2D eigenvalue weighted by Crippen LogP contribution is 2.48. The highest BCUT2D eigenvalue weighted by molar-refractivity contribution is 5.79. The molecule has 0 spiro atoms. The highest BCUT2D eigenvalue weighted by atomic mass is 16.1. The molecule has 1 atom stereocenters. The van der Waals surface area contributed by atoms with Crippen molar-refractivity contribution in [1.29, 1.82) is 0 Å². The number of carbonyl (C=O) groups excluding carboxylic acids is 1. The molecule has 110 valence electrons. The van der Waals surface area contributed by atoms with Crippen molar-refractivity contribution >= 4 is 5.91 Å². The number of nitrogens with two attached hydrogens (primary N) is 1. The van der Waals surface area contributed by atoms with Crippen LogP contribution in [0.2, 0.25) is 0 Å². The van der Waals surface area contributed by atoms with Gasteiger partial charge in [-0.1, -0.05) is 43.7 Å². The molecule has 3 N–H and O–H groups in total. The molecule has 1 fully saturated rings. The molecule has 0 heterocycles. The molecular formula is C17H26N2O. The van der Waals surface area contributed by atoms with Crippen molar-refractivity contribution in [2.24, 2.45) is 17.1 Å². The Balaban J connectivity index is 1.83. The summed E-state index contributed by atoms with van der Waals surface area (Å²) in [5, 5.41) is 3.12. The van der Waals surface area contributed by atoms with Gasteiger partial charge in [-0.05, 0) is 36.7 Å². The molecule has 1 aliphatic carbocycles. The normalized spacial score (nSPS) is 17.5. The van der Waals surface area contributed by atoms with Crippen LogP contribution >= 0.6 is 0 Å². The van der Waals surface area contributed by atoms with Gasteiger partial charge in [-0.2, -0.15) is 0 Å². The van der Waals surface area contributed by atoms with E-state index in [-0.39, 0.29) is 11.8 Å². The number of carbonyl (C=O) groups is 1. The van der Waals surface area contributed by atoms with E-state index in [0.717, 1.165) is 13.0 Å². The number of benzene rings is 1. The fourth-order valence-electron chi connectivity index (χ4n) is 2.82. The summed E-state index contributed by atoms with van der Waals surface area (Å²) in [6.45, 7) is 3.44. The van der Waals surface area contributed by atoms with Crippen molar-refractivity contribution in [3.05, 3.63) is 35.9 Å². The summed E-state index contributed by atoms with van der Waals surface area (Å²) in [5.41, 5.74) is 7.35. The number of nitrogens with one attached hydrogen (secondary N) is 1. The molecule has 1 amide bonds. The number of rotatable bonds is 8. The first-order valence-corrected chi connectivity index (χ1v) is 7.71. The Morgan fingerprint density at radius 2 is 2.05 bits per heavy atom. The Labute approximate surface area is 121 Å². The van der Waals surface area contributed by atoms with Gasteiger partial charge < -0.3 is 11.1 Å². The predicted molar refractivity (Wildman–Crippen MR) is 82.3 cm³/mol. The molecule has 3 heteroatoms. The van der Waals surface area contributed by atoms with Crippen molar-refractivity contribution in [3.8, 4) is 0 Å². The maximum absolute atomic E-state index is 12.3. The second kappa shape index (κ2) is 6.89. The van der Waals surface area contributed by atoms with Crippen molar-refractivity contribution in [1.82, 2.24) is 5.32 Å². The van der Waals surface area contributed by atoms with E-state index >= 15 is 0 Å². The number of hydrogen-bond acceptors (Lipinski definition) is 2. The average Bonchev–Trinajstić information content (AvgIpc) is 3.24. The van der Waals surface area contributed by atoms with Crippen LogP contribution < -0.4 is 11.1 Å². The molecule has 0 bridgehead atoms. The Morgan fingerprint density at radius 1 is 1.35 bits per heavy atom. The quantitative estimate of drug-likeness (QED) is 0.765. The Kier molecular flexibility index (Phi) is 5.18. The van der Waals surface area contributed by atoms with E-state index in [9.17, 15) is 4.79 Å². The summed E-state index contributed by atoms with van der Waals surface area (Å²) >= 11 is 0. The molecule has 0 aliphatic heterocycles. The zero-order chi connectivity index (χ0) is 14.4. The smallest absolute Gasteiger partial charge is 0.224 e. The van der Waals surface area contributed by atoms with Crippen molar-refractivity contribution < 1.29 is 4.79 Å². The lowest BCUT2D eigenvalue weighted by Gasteiger charge is -2.19. The zero-order valence-electron chi connectivity index (χ0n) is 12.4. The molecule has 0 radical (unpaired) electrons. The molecule has 1 unspecified atom stereocenters. The van der Waals surface area contributed by atoms with Gasteiger partial charge >= 0.3 is 0 Å². The van der Waals surface area contributed by atoms with Gasteiger partial charge in [0, 0.05) is 13.1 Å². The minimum atomic E-state index is -0.116. The van der Waals surface area contributed by atoms with Gasteiger partial charge in [-0.3, -0.25) is 4.79 Å². The lowest BCUT2D eigenvalue weighted by atomic mass is 9.97. The fourth-order valence-corrected chi connectivity index (χ4v) is 2.82. The Morgan fingerprint density at radius 3 is 2.60 bits per heavy atom. The van der Waals surface area contributed by atoms with Crippen molar-refractivity contribution in [2.75, 3.05) is 13.1 Å². The second-order valence-corrected chi connectivity index (χ2v) is 6.09. The molecule has 2 rings (SSSR count). The largest absolute Gasteiger partial charge is 0.355 e. The Hall–Kier alpha value is -1.35. The van der Waals surface area contributed by atoms with E-state index in [2.05, 4.69) is 24.4 Å². The van der Waals surface area contributed by atoms with Gasteiger partial charge in [-0.15, -0.1) is 0 Å². The minimum absolute atomic E-state index is 0.110. The van der Waals surface area contributed by atoms with Crippen LogP contribution in [0.5, 0.6) is 0 Å². The van der Waals surface area contributed by atoms with E-state index in [1.54, 1.807) is 0 Å². The first kappa shape index (κ1) is 15.0. The average molecular weight is 274 g/mol. The number of amides is 1. The van der Waals surface area contributed by atoms with Crippen molar-refractivity contribution in [3.63, 3.8) is 0 Å². The molecule has 1 saturated carbocycles. The first-order chi connectivity index (χ1) is 9.69. The van der Waals surface area contributed by atoms with E-state index in [0.29, 0.717) is 12.0 Å². The van der Waals surface area contributed by atoms with Crippen LogP contribution in [0.25, 0.3) is 0 Å². The summed E-state index contributed by atoms with van der Waals surface area (Å²) < 4.78 is 0. The topological polar surface area (TPSA) is 55.1 Å². The van der Waals surface area contributed by atoms with Gasteiger partial charge in [0.1, 0.15) is 0 Å². The second-order valence-electron chi connectivity index (χ2n) is 6.09. The van der Waals surface area contributed by atoms with Crippen LogP contribution in [0.4, 0.5) is 0 Å². The Bertz CT molecular complexity index is 426. The summed E-state index contributed by atoms with van der Waals surface area (Å²) in [7, 11) is 0. The first-order valence-electron chi connectivity index (χ1n) is 7.71. The fraction of sp³-hybridized carbons (Fsp3) is 0.588. The van der Waals surface area contributed by atoms with E-state index < -0.39 is 0 Å². The molecule has 0 saturated heterocycles. The molecule has 3 nitrogen and oxygen atoms in total. The molecule has 1 aliphatic rings. The highest BCUT2D eigenvalue weighted by Gasteiger charge is 2.41. The zero-order valence-corrected chi connectivity index (χ0v) is 12.4. The third kappa shape index (κ3) is 4.07. The van der Waals surface area contributed by atoms with Crippen LogP contribution in [-0.2, 0) is 11.2 Å². The van der Waals surface area contributed by atoms with Crippen LogP contribution in [-0.4, -0.2) is 19.0 Å². The monoisotopic (exact) mass is 274 g/mol. The number of hydrogen-bond donors (Lipinski definition) is 2. The molecular weight excluding hydrogens is 248 g/mol. The SMILES string of the molecule is CCCC1(CNC(=O)C(CN)Cc2ccccc2)CC1. The standard InChI is InChI=1S/C17H26N2O/c1-2-8-17(9-10-17)13-19-16(20)15(12-18)11-14-6-4-3-5-7-14/h3-7,15H,2,8-13,18H2,1H3,(H,19,20). The van der Waals surface area contributed by atoms with Crippen LogP contribution in [0.3, 0.4) is 0 Å². The lowest BCUT2D eigenvalue weighted by molar-refractivity contribution is -0.125. The summed E-state index contributed by atoms with van der Waals surface area (Å²) in [5.74, 6) is -0.00597. The summed E-state index contributed by atoms with van der Waals surface area (Å²) in [6.07, 6.45) is 5.66. The van der Waals surface area contributed by atoms with E-state index in [4.69, 9.17) is 5.73 Å². The molecule has 1 aromatic carbocycles. The summed E-state index contributed by atoms with van der Waals surface area (Å²) in [6, 6.07) is 10.1. The third-order valence-electron chi connectivity index (χ3n) is 4.36. The summed E-state index contributed by atoms with van der Waals surface area (Å²) in [4.78, 5) is 12.3. The maximum Gasteiger partial charge on any atom is 0.224 e. The lowest BCUT2D eigenvalue weighted by Crippen LogP contribution is -2.39. The van der Waals surface area contributed by atoms with Gasteiger partial charge in [-0.25, -0.2) is 0 Å². The van der Waals surface area contributed by atoms with E-state index in [1.807, 2.05) is 18.2 Å². The predicted octanol–water partition coefficient (Wildman–Crippen LogP) is 2.50.